The third-order valence-electron chi connectivity index (χ3n) is 8.39. The lowest BCUT2D eigenvalue weighted by atomic mass is 9.96. The standard InChI is InChI=1S/C42H30N2/c1-4-14-31(15-5-1)33-24-29-42(39(30-33)32-16-6-2-7-17-32)43(34-18-8-3-9-19-34)35-25-27-36(28-26-35)44-40-22-12-10-20-37(40)38-21-11-13-23-41(38)44/h1-30H. The molecule has 8 aromatic rings. The summed E-state index contributed by atoms with van der Waals surface area (Å²) in [6.07, 6.45) is 0. The molecule has 0 bridgehead atoms. The van der Waals surface area contributed by atoms with E-state index in [0.717, 1.165) is 22.7 Å². The summed E-state index contributed by atoms with van der Waals surface area (Å²) in [5.74, 6) is 0. The van der Waals surface area contributed by atoms with Crippen LogP contribution in [0.5, 0.6) is 0 Å². The van der Waals surface area contributed by atoms with Crippen LogP contribution in [0.25, 0.3) is 49.7 Å². The molecule has 0 saturated carbocycles. The number of rotatable bonds is 6. The molecular weight excluding hydrogens is 532 g/mol. The number of benzene rings is 7. The van der Waals surface area contributed by atoms with Crippen molar-refractivity contribution in [3.63, 3.8) is 0 Å². The van der Waals surface area contributed by atoms with Gasteiger partial charge in [0.2, 0.25) is 0 Å². The lowest BCUT2D eigenvalue weighted by molar-refractivity contribution is 1.17. The second-order valence-corrected chi connectivity index (χ2v) is 11.0. The molecule has 1 heterocycles. The zero-order valence-electron chi connectivity index (χ0n) is 24.2. The monoisotopic (exact) mass is 562 g/mol. The van der Waals surface area contributed by atoms with Crippen LogP contribution in [-0.2, 0) is 0 Å². The van der Waals surface area contributed by atoms with Gasteiger partial charge in [0.05, 0.1) is 16.7 Å². The van der Waals surface area contributed by atoms with Gasteiger partial charge >= 0.3 is 0 Å². The molecule has 2 heteroatoms. The average molecular weight is 563 g/mol. The van der Waals surface area contributed by atoms with E-state index in [-0.39, 0.29) is 0 Å². The van der Waals surface area contributed by atoms with E-state index in [9.17, 15) is 0 Å². The van der Waals surface area contributed by atoms with Crippen molar-refractivity contribution < 1.29 is 0 Å². The number of fused-ring (bicyclic) bond motifs is 3. The zero-order chi connectivity index (χ0) is 29.3. The molecule has 0 atom stereocenters. The third kappa shape index (κ3) is 4.54. The second kappa shape index (κ2) is 11.1. The molecule has 0 radical (unpaired) electrons. The number of para-hydroxylation sites is 3. The molecule has 208 valence electrons. The Kier molecular flexibility index (Phi) is 6.51. The van der Waals surface area contributed by atoms with Gasteiger partial charge in [-0.05, 0) is 77.4 Å². The van der Waals surface area contributed by atoms with E-state index in [1.165, 1.54) is 44.1 Å². The van der Waals surface area contributed by atoms with Crippen molar-refractivity contribution in [3.8, 4) is 27.9 Å². The van der Waals surface area contributed by atoms with Crippen LogP contribution in [0.4, 0.5) is 17.1 Å². The fraction of sp³-hybridized carbons (Fsp3) is 0. The number of anilines is 3. The molecule has 7 aromatic carbocycles. The molecule has 1 aromatic heterocycles. The second-order valence-electron chi connectivity index (χ2n) is 11.0. The van der Waals surface area contributed by atoms with Crippen LogP contribution in [0.2, 0.25) is 0 Å². The molecule has 0 amide bonds. The van der Waals surface area contributed by atoms with Crippen molar-refractivity contribution in [2.45, 2.75) is 0 Å². The predicted molar refractivity (Wildman–Crippen MR) is 186 cm³/mol. The van der Waals surface area contributed by atoms with Gasteiger partial charge in [0.15, 0.2) is 0 Å². The Balaban J connectivity index is 1.30. The SMILES string of the molecule is c1ccc(-c2ccc(N(c3ccccc3)c3ccc(-n4c5ccccc5c5ccccc54)cc3)c(-c3ccccc3)c2)cc1. The quantitative estimate of drug-likeness (QED) is 0.196. The van der Waals surface area contributed by atoms with Gasteiger partial charge in [-0.3, -0.25) is 0 Å². The molecule has 0 spiro atoms. The maximum Gasteiger partial charge on any atom is 0.0541 e. The molecular formula is C42H30N2. The number of aromatic nitrogens is 1. The van der Waals surface area contributed by atoms with Crippen molar-refractivity contribution >= 4 is 38.9 Å². The van der Waals surface area contributed by atoms with Crippen molar-refractivity contribution in [2.75, 3.05) is 4.90 Å². The first kappa shape index (κ1) is 25.8. The topological polar surface area (TPSA) is 8.17 Å². The minimum absolute atomic E-state index is 1.10. The molecule has 0 aliphatic rings. The fourth-order valence-corrected chi connectivity index (χ4v) is 6.35. The summed E-state index contributed by atoms with van der Waals surface area (Å²) in [7, 11) is 0. The van der Waals surface area contributed by atoms with Crippen LogP contribution >= 0.6 is 0 Å². The van der Waals surface area contributed by atoms with E-state index < -0.39 is 0 Å². The summed E-state index contributed by atoms with van der Waals surface area (Å²) in [5, 5.41) is 2.54. The van der Waals surface area contributed by atoms with Crippen LogP contribution in [0.3, 0.4) is 0 Å². The molecule has 0 aliphatic heterocycles. The van der Waals surface area contributed by atoms with Gasteiger partial charge < -0.3 is 9.47 Å². The highest BCUT2D eigenvalue weighted by atomic mass is 15.1. The summed E-state index contributed by atoms with van der Waals surface area (Å²) in [6.45, 7) is 0. The van der Waals surface area contributed by atoms with Gasteiger partial charge in [-0.2, -0.15) is 0 Å². The lowest BCUT2D eigenvalue weighted by Crippen LogP contribution is -2.11. The van der Waals surface area contributed by atoms with Gasteiger partial charge in [-0.25, -0.2) is 0 Å². The average Bonchev–Trinajstić information content (AvgIpc) is 3.44. The van der Waals surface area contributed by atoms with Crippen LogP contribution in [0, 0.1) is 0 Å². The van der Waals surface area contributed by atoms with E-state index in [4.69, 9.17) is 0 Å². The Hall–Kier alpha value is -5.86. The van der Waals surface area contributed by atoms with Crippen LogP contribution < -0.4 is 4.90 Å². The summed E-state index contributed by atoms with van der Waals surface area (Å²) in [5.41, 5.74) is 11.7. The van der Waals surface area contributed by atoms with Crippen molar-refractivity contribution in [1.82, 2.24) is 4.57 Å². The Morgan fingerprint density at radius 2 is 0.864 bits per heavy atom. The molecule has 0 aliphatic carbocycles. The normalized spacial score (nSPS) is 11.2. The zero-order valence-corrected chi connectivity index (χ0v) is 24.2. The minimum atomic E-state index is 1.10. The molecule has 0 fully saturated rings. The number of hydrogen-bond donors (Lipinski definition) is 0. The van der Waals surface area contributed by atoms with E-state index in [1.807, 2.05) is 0 Å². The Bertz CT molecular complexity index is 2140. The first-order chi connectivity index (χ1) is 21.8. The summed E-state index contributed by atoms with van der Waals surface area (Å²) >= 11 is 0. The lowest BCUT2D eigenvalue weighted by Gasteiger charge is -2.28. The largest absolute Gasteiger partial charge is 0.310 e. The Morgan fingerprint density at radius 3 is 1.48 bits per heavy atom. The van der Waals surface area contributed by atoms with Gasteiger partial charge in [-0.15, -0.1) is 0 Å². The van der Waals surface area contributed by atoms with E-state index >= 15 is 0 Å². The predicted octanol–water partition coefficient (Wildman–Crippen LogP) is 11.6. The maximum absolute atomic E-state index is 2.37. The minimum Gasteiger partial charge on any atom is -0.310 e. The summed E-state index contributed by atoms with van der Waals surface area (Å²) in [4.78, 5) is 2.37. The first-order valence-electron chi connectivity index (χ1n) is 15.0. The van der Waals surface area contributed by atoms with Crippen LogP contribution in [0.15, 0.2) is 182 Å². The highest BCUT2D eigenvalue weighted by molar-refractivity contribution is 6.09. The fourth-order valence-electron chi connectivity index (χ4n) is 6.35. The highest BCUT2D eigenvalue weighted by Gasteiger charge is 2.19. The molecule has 0 unspecified atom stereocenters. The highest BCUT2D eigenvalue weighted by Crippen LogP contribution is 2.43. The van der Waals surface area contributed by atoms with E-state index in [1.54, 1.807) is 0 Å². The first-order valence-corrected chi connectivity index (χ1v) is 15.0. The van der Waals surface area contributed by atoms with Crippen molar-refractivity contribution in [1.29, 1.82) is 0 Å². The smallest absolute Gasteiger partial charge is 0.0541 e. The number of nitrogens with zero attached hydrogens (tertiary/aromatic N) is 2. The van der Waals surface area contributed by atoms with Gasteiger partial charge in [0.25, 0.3) is 0 Å². The van der Waals surface area contributed by atoms with Crippen LogP contribution in [0.1, 0.15) is 0 Å². The summed E-state index contributed by atoms with van der Waals surface area (Å²) < 4.78 is 2.37. The maximum atomic E-state index is 2.37. The van der Waals surface area contributed by atoms with Crippen LogP contribution in [-0.4, -0.2) is 4.57 Å². The summed E-state index contributed by atoms with van der Waals surface area (Å²) in [6, 6.07) is 65.0. The van der Waals surface area contributed by atoms with Crippen molar-refractivity contribution in [3.05, 3.63) is 182 Å². The van der Waals surface area contributed by atoms with E-state index in [2.05, 4.69) is 191 Å². The molecule has 0 saturated heterocycles. The Morgan fingerprint density at radius 1 is 0.364 bits per heavy atom. The van der Waals surface area contributed by atoms with Gasteiger partial charge in [0.1, 0.15) is 0 Å². The molecule has 8 rings (SSSR count). The third-order valence-corrected chi connectivity index (χ3v) is 8.39. The Labute approximate surface area is 257 Å². The number of hydrogen-bond acceptors (Lipinski definition) is 1. The van der Waals surface area contributed by atoms with Crippen molar-refractivity contribution in [2.24, 2.45) is 0 Å². The molecule has 0 N–H and O–H groups in total. The van der Waals surface area contributed by atoms with E-state index in [0.29, 0.717) is 0 Å². The molecule has 2 nitrogen and oxygen atoms in total. The van der Waals surface area contributed by atoms with Gasteiger partial charge in [0, 0.05) is 33.4 Å². The molecule has 44 heavy (non-hydrogen) atoms. The van der Waals surface area contributed by atoms with Gasteiger partial charge in [-0.1, -0.05) is 121 Å².